The fraction of sp³-hybridized carbons (Fsp3) is 0.529. The molecule has 1 saturated heterocycles. The molecule has 0 bridgehead atoms. The summed E-state index contributed by atoms with van der Waals surface area (Å²) in [7, 11) is 0. The Morgan fingerprint density at radius 1 is 1.28 bits per heavy atom. The highest BCUT2D eigenvalue weighted by atomic mass is 32.2. The monoisotopic (exact) mass is 361 g/mol. The Morgan fingerprint density at radius 2 is 2.00 bits per heavy atom. The highest BCUT2D eigenvalue weighted by Crippen LogP contribution is 2.23. The number of tetrazole rings is 1. The molecular formula is C17H23N5O2S. The maximum absolute atomic E-state index is 12.5. The van der Waals surface area contributed by atoms with E-state index in [2.05, 4.69) is 28.5 Å². The molecule has 134 valence electrons. The molecule has 2 heterocycles. The average molecular weight is 361 g/mol. The summed E-state index contributed by atoms with van der Waals surface area (Å²) in [5.41, 5.74) is 3.24. The number of morpholine rings is 1. The zero-order chi connectivity index (χ0) is 18.0. The van der Waals surface area contributed by atoms with E-state index in [1.807, 2.05) is 37.8 Å². The van der Waals surface area contributed by atoms with Crippen LogP contribution in [0.25, 0.3) is 5.69 Å². The van der Waals surface area contributed by atoms with Gasteiger partial charge in [0.15, 0.2) is 0 Å². The van der Waals surface area contributed by atoms with Gasteiger partial charge in [0.25, 0.3) is 0 Å². The Bertz CT molecular complexity index is 753. The van der Waals surface area contributed by atoms with Crippen LogP contribution in [0.4, 0.5) is 0 Å². The summed E-state index contributed by atoms with van der Waals surface area (Å²) >= 11 is 1.36. The van der Waals surface area contributed by atoms with Gasteiger partial charge in [-0.2, -0.15) is 4.68 Å². The van der Waals surface area contributed by atoms with Gasteiger partial charge in [0.05, 0.1) is 23.6 Å². The van der Waals surface area contributed by atoms with Gasteiger partial charge in [-0.25, -0.2) is 0 Å². The van der Waals surface area contributed by atoms with Crippen molar-refractivity contribution in [1.82, 2.24) is 25.1 Å². The SMILES string of the molecule is Cc1cccc(-n2nnnc2SCC(=O)N2C[C@H](C)O[C@@H](C)C2)c1C. The molecule has 1 amide bonds. The fourth-order valence-electron chi connectivity index (χ4n) is 2.98. The molecule has 0 N–H and O–H groups in total. The van der Waals surface area contributed by atoms with Crippen LogP contribution in [0.3, 0.4) is 0 Å². The lowest BCUT2D eigenvalue weighted by atomic mass is 10.1. The summed E-state index contributed by atoms with van der Waals surface area (Å²) in [6.07, 6.45) is 0.135. The zero-order valence-corrected chi connectivity index (χ0v) is 15.8. The van der Waals surface area contributed by atoms with E-state index in [1.165, 1.54) is 17.3 Å². The van der Waals surface area contributed by atoms with Crippen LogP contribution in [-0.4, -0.2) is 62.1 Å². The molecular weight excluding hydrogens is 338 g/mol. The molecule has 3 rings (SSSR count). The molecule has 1 aromatic heterocycles. The molecule has 25 heavy (non-hydrogen) atoms. The van der Waals surface area contributed by atoms with Crippen molar-refractivity contribution in [3.05, 3.63) is 29.3 Å². The van der Waals surface area contributed by atoms with E-state index in [1.54, 1.807) is 4.68 Å². The van der Waals surface area contributed by atoms with E-state index >= 15 is 0 Å². The number of carbonyl (C=O) groups excluding carboxylic acids is 1. The maximum Gasteiger partial charge on any atom is 0.233 e. The molecule has 1 aromatic carbocycles. The van der Waals surface area contributed by atoms with Gasteiger partial charge in [-0.1, -0.05) is 23.9 Å². The smallest absolute Gasteiger partial charge is 0.233 e. The van der Waals surface area contributed by atoms with E-state index in [0.29, 0.717) is 24.0 Å². The first-order valence-electron chi connectivity index (χ1n) is 8.36. The van der Waals surface area contributed by atoms with Crippen molar-refractivity contribution in [2.75, 3.05) is 18.8 Å². The van der Waals surface area contributed by atoms with Crippen LogP contribution in [-0.2, 0) is 9.53 Å². The summed E-state index contributed by atoms with van der Waals surface area (Å²) in [6, 6.07) is 6.02. The highest BCUT2D eigenvalue weighted by molar-refractivity contribution is 7.99. The molecule has 1 fully saturated rings. The number of hydrogen-bond acceptors (Lipinski definition) is 6. The van der Waals surface area contributed by atoms with Gasteiger partial charge in [0.2, 0.25) is 11.1 Å². The van der Waals surface area contributed by atoms with Crippen molar-refractivity contribution in [3.63, 3.8) is 0 Å². The standard InChI is InChI=1S/C17H23N5O2S/c1-11-6-5-7-15(14(11)4)22-17(18-19-20-22)25-10-16(23)21-8-12(2)24-13(3)9-21/h5-7,12-13H,8-10H2,1-4H3/t12-,13-/m0/s1. The summed E-state index contributed by atoms with van der Waals surface area (Å²) < 4.78 is 7.38. The molecule has 1 aliphatic heterocycles. The second-order valence-electron chi connectivity index (χ2n) is 6.44. The number of nitrogens with zero attached hydrogens (tertiary/aromatic N) is 5. The van der Waals surface area contributed by atoms with Gasteiger partial charge in [-0.15, -0.1) is 5.10 Å². The summed E-state index contributed by atoms with van der Waals surface area (Å²) in [6.45, 7) is 9.34. The highest BCUT2D eigenvalue weighted by Gasteiger charge is 2.26. The fourth-order valence-corrected chi connectivity index (χ4v) is 3.77. The van der Waals surface area contributed by atoms with Gasteiger partial charge < -0.3 is 9.64 Å². The van der Waals surface area contributed by atoms with Gasteiger partial charge in [-0.05, 0) is 55.3 Å². The first-order chi connectivity index (χ1) is 12.0. The van der Waals surface area contributed by atoms with Crippen LogP contribution in [0.5, 0.6) is 0 Å². The first-order valence-corrected chi connectivity index (χ1v) is 9.35. The van der Waals surface area contributed by atoms with Gasteiger partial charge in [0.1, 0.15) is 0 Å². The van der Waals surface area contributed by atoms with Crippen molar-refractivity contribution >= 4 is 17.7 Å². The third-order valence-corrected chi connectivity index (χ3v) is 5.25. The normalized spacial score (nSPS) is 20.7. The van der Waals surface area contributed by atoms with Gasteiger partial charge in [-0.3, -0.25) is 4.79 Å². The Morgan fingerprint density at radius 3 is 2.72 bits per heavy atom. The second kappa shape index (κ2) is 7.53. The molecule has 0 aliphatic carbocycles. The Balaban J connectivity index is 1.70. The van der Waals surface area contributed by atoms with Gasteiger partial charge >= 0.3 is 0 Å². The van der Waals surface area contributed by atoms with Crippen LogP contribution in [0.1, 0.15) is 25.0 Å². The lowest BCUT2D eigenvalue weighted by Gasteiger charge is -2.35. The average Bonchev–Trinajstić information content (AvgIpc) is 3.02. The summed E-state index contributed by atoms with van der Waals surface area (Å²) in [4.78, 5) is 14.4. The molecule has 2 aromatic rings. The molecule has 1 aliphatic rings. The minimum atomic E-state index is 0.0676. The number of ether oxygens (including phenoxy) is 1. The Kier molecular flexibility index (Phi) is 5.39. The summed E-state index contributed by atoms with van der Waals surface area (Å²) in [5, 5.41) is 12.6. The van der Waals surface area contributed by atoms with E-state index in [0.717, 1.165) is 11.3 Å². The van der Waals surface area contributed by atoms with Gasteiger partial charge in [0, 0.05) is 13.1 Å². The van der Waals surface area contributed by atoms with E-state index < -0.39 is 0 Å². The third kappa shape index (κ3) is 4.01. The predicted octanol–water partition coefficient (Wildman–Crippen LogP) is 2.01. The van der Waals surface area contributed by atoms with E-state index in [4.69, 9.17) is 4.74 Å². The number of thioether (sulfide) groups is 1. The zero-order valence-electron chi connectivity index (χ0n) is 15.0. The number of aromatic nitrogens is 4. The molecule has 0 unspecified atom stereocenters. The minimum absolute atomic E-state index is 0.0676. The van der Waals surface area contributed by atoms with Crippen LogP contribution >= 0.6 is 11.8 Å². The first kappa shape index (κ1) is 17.9. The molecule has 0 saturated carbocycles. The molecule has 8 heteroatoms. The lowest BCUT2D eigenvalue weighted by molar-refractivity contribution is -0.140. The lowest BCUT2D eigenvalue weighted by Crippen LogP contribution is -2.48. The molecule has 2 atom stereocenters. The van der Waals surface area contributed by atoms with Crippen LogP contribution in [0.2, 0.25) is 0 Å². The maximum atomic E-state index is 12.5. The predicted molar refractivity (Wildman–Crippen MR) is 95.9 cm³/mol. The molecule has 0 radical (unpaired) electrons. The largest absolute Gasteiger partial charge is 0.372 e. The van der Waals surface area contributed by atoms with Crippen LogP contribution in [0.15, 0.2) is 23.4 Å². The van der Waals surface area contributed by atoms with Crippen molar-refractivity contribution in [2.45, 2.75) is 45.1 Å². The van der Waals surface area contributed by atoms with Crippen molar-refractivity contribution in [1.29, 1.82) is 0 Å². The van der Waals surface area contributed by atoms with Crippen molar-refractivity contribution in [2.24, 2.45) is 0 Å². The number of carbonyl (C=O) groups is 1. The van der Waals surface area contributed by atoms with Crippen molar-refractivity contribution in [3.8, 4) is 5.69 Å². The second-order valence-corrected chi connectivity index (χ2v) is 7.38. The molecule has 0 spiro atoms. The van der Waals surface area contributed by atoms with E-state index in [9.17, 15) is 4.79 Å². The topological polar surface area (TPSA) is 73.1 Å². The van der Waals surface area contributed by atoms with Crippen molar-refractivity contribution < 1.29 is 9.53 Å². The quantitative estimate of drug-likeness (QED) is 0.776. The van der Waals surface area contributed by atoms with Crippen LogP contribution < -0.4 is 0 Å². The minimum Gasteiger partial charge on any atom is -0.372 e. The number of benzene rings is 1. The number of aryl methyl sites for hydroxylation is 1. The van der Waals surface area contributed by atoms with E-state index in [-0.39, 0.29) is 18.1 Å². The Hall–Kier alpha value is -1.93. The number of rotatable bonds is 4. The summed E-state index contributed by atoms with van der Waals surface area (Å²) in [5.74, 6) is 0.396. The number of hydrogen-bond donors (Lipinski definition) is 0. The Labute approximate surface area is 151 Å². The van der Waals surface area contributed by atoms with Crippen LogP contribution in [0, 0.1) is 13.8 Å². The molecule has 7 nitrogen and oxygen atoms in total. The number of amides is 1. The third-order valence-electron chi connectivity index (χ3n) is 4.34.